The van der Waals surface area contributed by atoms with Gasteiger partial charge in [-0.1, -0.05) is 84.0 Å². The highest BCUT2D eigenvalue weighted by atomic mass is 35.5. The van der Waals surface area contributed by atoms with Gasteiger partial charge >= 0.3 is 0 Å². The van der Waals surface area contributed by atoms with Crippen molar-refractivity contribution in [2.75, 3.05) is 11.1 Å². The van der Waals surface area contributed by atoms with E-state index < -0.39 is 0 Å². The fraction of sp³-hybridized carbons (Fsp3) is 0.125. The second kappa shape index (κ2) is 10.3. The molecule has 5 nitrogen and oxygen atoms in total. The number of ketones is 1. The molecule has 156 valence electrons. The number of Topliss-reactive ketones (excluding diaryl/α,β-unsaturated/α-hetero) is 1. The molecule has 0 amide bonds. The first-order valence-corrected chi connectivity index (χ1v) is 11.2. The van der Waals surface area contributed by atoms with Gasteiger partial charge in [-0.2, -0.15) is 0 Å². The Bertz CT molecular complexity index is 1130. The summed E-state index contributed by atoms with van der Waals surface area (Å²) in [5.74, 6) is 1.18. The van der Waals surface area contributed by atoms with E-state index in [1.807, 2.05) is 72.8 Å². The predicted molar refractivity (Wildman–Crippen MR) is 126 cm³/mol. The zero-order valence-corrected chi connectivity index (χ0v) is 18.3. The normalized spacial score (nSPS) is 10.7. The van der Waals surface area contributed by atoms with E-state index in [9.17, 15) is 4.79 Å². The highest BCUT2D eigenvalue weighted by Crippen LogP contribution is 2.21. The van der Waals surface area contributed by atoms with Crippen LogP contribution in [0.3, 0.4) is 0 Å². The van der Waals surface area contributed by atoms with Crippen molar-refractivity contribution in [3.8, 4) is 0 Å². The van der Waals surface area contributed by atoms with Gasteiger partial charge in [-0.05, 0) is 29.8 Å². The number of carbonyl (C=O) groups is 1. The molecule has 4 aromatic rings. The molecular formula is C24H21ClN4OS. The Morgan fingerprint density at radius 2 is 1.58 bits per heavy atom. The van der Waals surface area contributed by atoms with Gasteiger partial charge in [-0.3, -0.25) is 4.79 Å². The first-order valence-electron chi connectivity index (χ1n) is 9.85. The van der Waals surface area contributed by atoms with Crippen molar-refractivity contribution in [3.63, 3.8) is 0 Å². The maximum atomic E-state index is 12.5. The molecule has 1 heterocycles. The van der Waals surface area contributed by atoms with Crippen LogP contribution in [0.1, 0.15) is 21.7 Å². The van der Waals surface area contributed by atoms with E-state index in [0.29, 0.717) is 29.4 Å². The molecule has 0 aliphatic rings. The minimum absolute atomic E-state index is 0.0701. The highest BCUT2D eigenvalue weighted by Gasteiger charge is 2.15. The van der Waals surface area contributed by atoms with E-state index in [1.165, 1.54) is 11.8 Å². The number of benzene rings is 3. The first kappa shape index (κ1) is 21.2. The van der Waals surface area contributed by atoms with Crippen LogP contribution in [0.15, 0.2) is 90.1 Å². The Morgan fingerprint density at radius 3 is 2.29 bits per heavy atom. The maximum Gasteiger partial charge on any atom is 0.192 e. The van der Waals surface area contributed by atoms with Gasteiger partial charge in [0.1, 0.15) is 0 Å². The van der Waals surface area contributed by atoms with Crippen molar-refractivity contribution in [1.29, 1.82) is 0 Å². The molecule has 1 N–H and O–H groups in total. The van der Waals surface area contributed by atoms with Gasteiger partial charge < -0.3 is 9.88 Å². The summed E-state index contributed by atoms with van der Waals surface area (Å²) in [4.78, 5) is 12.5. The summed E-state index contributed by atoms with van der Waals surface area (Å²) in [5, 5.41) is 13.5. The lowest BCUT2D eigenvalue weighted by atomic mass is 10.2. The van der Waals surface area contributed by atoms with Gasteiger partial charge in [-0.15, -0.1) is 10.2 Å². The topological polar surface area (TPSA) is 59.8 Å². The Morgan fingerprint density at radius 1 is 0.903 bits per heavy atom. The smallest absolute Gasteiger partial charge is 0.192 e. The number of thioether (sulfide) groups is 1. The van der Waals surface area contributed by atoms with Crippen LogP contribution in [0, 0.1) is 0 Å². The zero-order chi connectivity index (χ0) is 21.5. The molecule has 0 unspecified atom stereocenters. The van der Waals surface area contributed by atoms with Crippen molar-refractivity contribution < 1.29 is 4.79 Å². The van der Waals surface area contributed by atoms with Crippen LogP contribution in [0.25, 0.3) is 0 Å². The van der Waals surface area contributed by atoms with Crippen molar-refractivity contribution in [2.24, 2.45) is 0 Å². The molecular weight excluding hydrogens is 428 g/mol. The standard InChI is InChI=1S/C24H21ClN4OS/c25-20-11-13-21(14-12-20)26-15-23-27-28-24(29(23)16-18-7-3-1-4-8-18)31-17-22(30)19-9-5-2-6-10-19/h1-14,26H,15-17H2. The van der Waals surface area contributed by atoms with Crippen molar-refractivity contribution in [2.45, 2.75) is 18.2 Å². The van der Waals surface area contributed by atoms with Gasteiger partial charge in [-0.25, -0.2) is 0 Å². The lowest BCUT2D eigenvalue weighted by Crippen LogP contribution is -2.11. The van der Waals surface area contributed by atoms with Crippen LogP contribution < -0.4 is 5.32 Å². The summed E-state index contributed by atoms with van der Waals surface area (Å²) in [7, 11) is 0. The number of carbonyl (C=O) groups excluding carboxylic acids is 1. The average molecular weight is 449 g/mol. The fourth-order valence-electron chi connectivity index (χ4n) is 3.07. The van der Waals surface area contributed by atoms with E-state index in [4.69, 9.17) is 11.6 Å². The van der Waals surface area contributed by atoms with Crippen molar-refractivity contribution >= 4 is 34.8 Å². The Hall–Kier alpha value is -3.09. The molecule has 0 aliphatic heterocycles. The van der Waals surface area contributed by atoms with Gasteiger partial charge in [0.2, 0.25) is 0 Å². The number of hydrogen-bond donors (Lipinski definition) is 1. The molecule has 0 bridgehead atoms. The molecule has 0 aliphatic carbocycles. The maximum absolute atomic E-state index is 12.5. The summed E-state index contributed by atoms with van der Waals surface area (Å²) in [6.07, 6.45) is 0. The SMILES string of the molecule is O=C(CSc1nnc(CNc2ccc(Cl)cc2)n1Cc1ccccc1)c1ccccc1. The Kier molecular flexibility index (Phi) is 7.02. The van der Waals surface area contributed by atoms with Crippen LogP contribution in [-0.4, -0.2) is 26.3 Å². The quantitative estimate of drug-likeness (QED) is 0.268. The summed E-state index contributed by atoms with van der Waals surface area (Å²) in [6.45, 7) is 1.14. The molecule has 0 spiro atoms. The Balaban J connectivity index is 1.51. The minimum Gasteiger partial charge on any atom is -0.378 e. The average Bonchev–Trinajstić information content (AvgIpc) is 3.19. The molecule has 31 heavy (non-hydrogen) atoms. The van der Waals surface area contributed by atoms with E-state index >= 15 is 0 Å². The molecule has 0 atom stereocenters. The molecule has 0 fully saturated rings. The third kappa shape index (κ3) is 5.75. The van der Waals surface area contributed by atoms with Crippen LogP contribution in [0.4, 0.5) is 5.69 Å². The van der Waals surface area contributed by atoms with Crippen LogP contribution in [0.5, 0.6) is 0 Å². The van der Waals surface area contributed by atoms with Crippen molar-refractivity contribution in [3.05, 3.63) is 107 Å². The second-order valence-electron chi connectivity index (χ2n) is 6.91. The van der Waals surface area contributed by atoms with Crippen LogP contribution in [0.2, 0.25) is 5.02 Å². The van der Waals surface area contributed by atoms with Crippen molar-refractivity contribution in [1.82, 2.24) is 14.8 Å². The van der Waals surface area contributed by atoms with Gasteiger partial charge in [0.25, 0.3) is 0 Å². The van der Waals surface area contributed by atoms with Crippen LogP contribution >= 0.6 is 23.4 Å². The second-order valence-corrected chi connectivity index (χ2v) is 8.29. The Labute approximate surface area is 190 Å². The molecule has 1 aromatic heterocycles. The number of halogens is 1. The predicted octanol–water partition coefficient (Wildman–Crippen LogP) is 5.57. The lowest BCUT2D eigenvalue weighted by Gasteiger charge is -2.11. The number of hydrogen-bond acceptors (Lipinski definition) is 5. The fourth-order valence-corrected chi connectivity index (χ4v) is 4.04. The summed E-state index contributed by atoms with van der Waals surface area (Å²) >= 11 is 7.38. The third-order valence-corrected chi connectivity index (χ3v) is 5.92. The number of anilines is 1. The largest absolute Gasteiger partial charge is 0.378 e. The molecule has 3 aromatic carbocycles. The summed E-state index contributed by atoms with van der Waals surface area (Å²) in [6, 6.07) is 27.0. The molecule has 7 heteroatoms. The lowest BCUT2D eigenvalue weighted by molar-refractivity contribution is 0.102. The number of rotatable bonds is 9. The molecule has 0 saturated heterocycles. The van der Waals surface area contributed by atoms with E-state index in [0.717, 1.165) is 22.2 Å². The first-order chi connectivity index (χ1) is 15.2. The van der Waals surface area contributed by atoms with Gasteiger partial charge in [0.05, 0.1) is 18.8 Å². The van der Waals surface area contributed by atoms with E-state index in [2.05, 4.69) is 32.2 Å². The minimum atomic E-state index is 0.0701. The zero-order valence-electron chi connectivity index (χ0n) is 16.7. The van der Waals surface area contributed by atoms with Crippen LogP contribution in [-0.2, 0) is 13.1 Å². The third-order valence-electron chi connectivity index (χ3n) is 4.70. The number of nitrogens with one attached hydrogen (secondary N) is 1. The molecule has 0 saturated carbocycles. The van der Waals surface area contributed by atoms with E-state index in [1.54, 1.807) is 0 Å². The van der Waals surface area contributed by atoms with E-state index in [-0.39, 0.29) is 5.78 Å². The number of nitrogens with zero attached hydrogens (tertiary/aromatic N) is 3. The molecule has 4 rings (SSSR count). The summed E-state index contributed by atoms with van der Waals surface area (Å²) < 4.78 is 2.06. The summed E-state index contributed by atoms with van der Waals surface area (Å²) in [5.41, 5.74) is 2.80. The van der Waals surface area contributed by atoms with Gasteiger partial charge in [0.15, 0.2) is 16.8 Å². The molecule has 0 radical (unpaired) electrons. The monoisotopic (exact) mass is 448 g/mol. The highest BCUT2D eigenvalue weighted by molar-refractivity contribution is 7.99. The number of aromatic nitrogens is 3. The van der Waals surface area contributed by atoms with Gasteiger partial charge in [0, 0.05) is 16.3 Å².